The van der Waals surface area contributed by atoms with E-state index in [-0.39, 0.29) is 29.4 Å². The molecule has 0 saturated carbocycles. The molecule has 6 heteroatoms. The number of nitrogens with zero attached hydrogens (tertiary/aromatic N) is 1. The van der Waals surface area contributed by atoms with Crippen molar-refractivity contribution in [2.75, 3.05) is 5.75 Å². The third kappa shape index (κ3) is 7.20. The first-order valence-corrected chi connectivity index (χ1v) is 10.9. The zero-order chi connectivity index (χ0) is 21.4. The first kappa shape index (κ1) is 22.9. The number of aryl methyl sites for hydroxylation is 1. The standard InChI is InChI=1S/C23H29FN2O2S/c1-16(2)25-23(28)18(4)26(13-19-11-9-17(3)10-12-19)22(27)15-29-14-20-7-5-6-8-21(20)24/h5-12,16,18H,13-15H2,1-4H3,(H,25,28). The molecule has 2 aromatic rings. The van der Waals surface area contributed by atoms with Gasteiger partial charge < -0.3 is 10.2 Å². The van der Waals surface area contributed by atoms with Gasteiger partial charge in [-0.3, -0.25) is 9.59 Å². The van der Waals surface area contributed by atoms with Gasteiger partial charge in [0, 0.05) is 18.3 Å². The second-order valence-corrected chi connectivity index (χ2v) is 8.42. The van der Waals surface area contributed by atoms with Gasteiger partial charge in [0.15, 0.2) is 0 Å². The molecule has 0 radical (unpaired) electrons. The lowest BCUT2D eigenvalue weighted by Crippen LogP contribution is -2.49. The van der Waals surface area contributed by atoms with Gasteiger partial charge in [0.25, 0.3) is 0 Å². The monoisotopic (exact) mass is 416 g/mol. The van der Waals surface area contributed by atoms with Crippen molar-refractivity contribution in [2.24, 2.45) is 0 Å². The highest BCUT2D eigenvalue weighted by Crippen LogP contribution is 2.18. The molecule has 2 rings (SSSR count). The van der Waals surface area contributed by atoms with Crippen molar-refractivity contribution in [3.63, 3.8) is 0 Å². The maximum atomic E-state index is 13.8. The highest BCUT2D eigenvalue weighted by Gasteiger charge is 2.26. The molecule has 2 aromatic carbocycles. The molecular formula is C23H29FN2O2S. The molecule has 0 aliphatic carbocycles. The van der Waals surface area contributed by atoms with Crippen LogP contribution in [0.15, 0.2) is 48.5 Å². The average molecular weight is 417 g/mol. The minimum absolute atomic E-state index is 0.00305. The Morgan fingerprint density at radius 2 is 1.72 bits per heavy atom. The number of halogens is 1. The van der Waals surface area contributed by atoms with Crippen molar-refractivity contribution in [3.8, 4) is 0 Å². The quantitative estimate of drug-likeness (QED) is 0.663. The minimum atomic E-state index is -0.597. The zero-order valence-electron chi connectivity index (χ0n) is 17.4. The van der Waals surface area contributed by atoms with Gasteiger partial charge in [0.1, 0.15) is 11.9 Å². The normalized spacial score (nSPS) is 11.9. The Bertz CT molecular complexity index is 824. The van der Waals surface area contributed by atoms with Gasteiger partial charge in [-0.2, -0.15) is 0 Å². The molecule has 2 amide bonds. The number of carbonyl (C=O) groups is 2. The van der Waals surface area contributed by atoms with Gasteiger partial charge in [0.2, 0.25) is 11.8 Å². The molecule has 156 valence electrons. The Morgan fingerprint density at radius 1 is 1.07 bits per heavy atom. The first-order valence-electron chi connectivity index (χ1n) is 9.74. The van der Waals surface area contributed by atoms with Crippen molar-refractivity contribution >= 4 is 23.6 Å². The number of carbonyl (C=O) groups excluding carboxylic acids is 2. The topological polar surface area (TPSA) is 49.4 Å². The Kier molecular flexibility index (Phi) is 8.70. The third-order valence-corrected chi connectivity index (χ3v) is 5.48. The molecule has 0 saturated heterocycles. The molecule has 0 heterocycles. The second kappa shape index (κ2) is 11.0. The predicted molar refractivity (Wildman–Crippen MR) is 117 cm³/mol. The van der Waals surface area contributed by atoms with E-state index in [4.69, 9.17) is 0 Å². The fourth-order valence-corrected chi connectivity index (χ4v) is 3.72. The Balaban J connectivity index is 2.07. The summed E-state index contributed by atoms with van der Waals surface area (Å²) in [7, 11) is 0. The van der Waals surface area contributed by atoms with Crippen LogP contribution in [0.25, 0.3) is 0 Å². The molecular weight excluding hydrogens is 387 g/mol. The Hall–Kier alpha value is -2.34. The maximum Gasteiger partial charge on any atom is 0.242 e. The fourth-order valence-electron chi connectivity index (χ4n) is 2.82. The van der Waals surface area contributed by atoms with Crippen molar-refractivity contribution < 1.29 is 14.0 Å². The molecule has 4 nitrogen and oxygen atoms in total. The van der Waals surface area contributed by atoms with Crippen LogP contribution in [0, 0.1) is 12.7 Å². The lowest BCUT2D eigenvalue weighted by molar-refractivity contribution is -0.138. The van der Waals surface area contributed by atoms with Crippen LogP contribution in [0.4, 0.5) is 4.39 Å². The highest BCUT2D eigenvalue weighted by molar-refractivity contribution is 7.99. The summed E-state index contributed by atoms with van der Waals surface area (Å²) in [5.41, 5.74) is 2.67. The molecule has 0 spiro atoms. The van der Waals surface area contributed by atoms with E-state index >= 15 is 0 Å². The summed E-state index contributed by atoms with van der Waals surface area (Å²) in [6.07, 6.45) is 0. The summed E-state index contributed by atoms with van der Waals surface area (Å²) < 4.78 is 13.8. The smallest absolute Gasteiger partial charge is 0.242 e. The van der Waals surface area contributed by atoms with Crippen molar-refractivity contribution in [1.29, 1.82) is 0 Å². The molecule has 0 aromatic heterocycles. The van der Waals surface area contributed by atoms with E-state index in [9.17, 15) is 14.0 Å². The fraction of sp³-hybridized carbons (Fsp3) is 0.391. The van der Waals surface area contributed by atoms with Gasteiger partial charge >= 0.3 is 0 Å². The van der Waals surface area contributed by atoms with Gasteiger partial charge in [0.05, 0.1) is 5.75 Å². The molecule has 29 heavy (non-hydrogen) atoms. The van der Waals surface area contributed by atoms with Crippen molar-refractivity contribution in [3.05, 3.63) is 71.0 Å². The summed E-state index contributed by atoms with van der Waals surface area (Å²) in [4.78, 5) is 27.1. The number of benzene rings is 2. The van der Waals surface area contributed by atoms with Gasteiger partial charge in [-0.25, -0.2) is 4.39 Å². The summed E-state index contributed by atoms with van der Waals surface area (Å²) in [5.74, 6) is -0.00502. The Labute approximate surface area is 176 Å². The number of amides is 2. The molecule has 0 aliphatic heterocycles. The molecule has 1 N–H and O–H groups in total. The van der Waals surface area contributed by atoms with Gasteiger partial charge in [-0.15, -0.1) is 11.8 Å². The van der Waals surface area contributed by atoms with Crippen LogP contribution in [-0.4, -0.2) is 34.6 Å². The second-order valence-electron chi connectivity index (χ2n) is 7.43. The largest absolute Gasteiger partial charge is 0.352 e. The average Bonchev–Trinajstić information content (AvgIpc) is 2.68. The van der Waals surface area contributed by atoms with Crippen LogP contribution in [0.3, 0.4) is 0 Å². The van der Waals surface area contributed by atoms with Crippen LogP contribution in [-0.2, 0) is 21.9 Å². The number of rotatable bonds is 9. The maximum absolute atomic E-state index is 13.8. The van der Waals surface area contributed by atoms with Crippen LogP contribution >= 0.6 is 11.8 Å². The third-order valence-electron chi connectivity index (χ3n) is 4.51. The molecule has 1 unspecified atom stereocenters. The van der Waals surface area contributed by atoms with E-state index in [0.29, 0.717) is 17.9 Å². The molecule has 0 bridgehead atoms. The van der Waals surface area contributed by atoms with Crippen molar-refractivity contribution in [1.82, 2.24) is 10.2 Å². The zero-order valence-corrected chi connectivity index (χ0v) is 18.3. The lowest BCUT2D eigenvalue weighted by atomic mass is 10.1. The molecule has 0 aliphatic rings. The lowest BCUT2D eigenvalue weighted by Gasteiger charge is -2.29. The van der Waals surface area contributed by atoms with Crippen LogP contribution < -0.4 is 5.32 Å². The first-order chi connectivity index (χ1) is 13.8. The molecule has 1 atom stereocenters. The predicted octanol–water partition coefficient (Wildman–Crippen LogP) is 4.31. The van der Waals surface area contributed by atoms with E-state index in [0.717, 1.165) is 11.1 Å². The van der Waals surface area contributed by atoms with Gasteiger partial charge in [-0.05, 0) is 44.9 Å². The Morgan fingerprint density at radius 3 is 2.34 bits per heavy atom. The van der Waals surface area contributed by atoms with E-state index in [1.165, 1.54) is 17.8 Å². The number of hydrogen-bond donors (Lipinski definition) is 1. The number of nitrogens with one attached hydrogen (secondary N) is 1. The SMILES string of the molecule is Cc1ccc(CN(C(=O)CSCc2ccccc2F)C(C)C(=O)NC(C)C)cc1. The van der Waals surface area contributed by atoms with E-state index in [2.05, 4.69) is 5.32 Å². The van der Waals surface area contributed by atoms with Crippen LogP contribution in [0.1, 0.15) is 37.5 Å². The molecule has 0 fully saturated rings. The number of hydrogen-bond acceptors (Lipinski definition) is 3. The van der Waals surface area contributed by atoms with E-state index in [1.807, 2.05) is 45.0 Å². The van der Waals surface area contributed by atoms with Crippen LogP contribution in [0.2, 0.25) is 0 Å². The summed E-state index contributed by atoms with van der Waals surface area (Å²) in [6.45, 7) is 7.88. The summed E-state index contributed by atoms with van der Waals surface area (Å²) in [6, 6.07) is 13.9. The highest BCUT2D eigenvalue weighted by atomic mass is 32.2. The van der Waals surface area contributed by atoms with Gasteiger partial charge in [-0.1, -0.05) is 48.0 Å². The van der Waals surface area contributed by atoms with Crippen molar-refractivity contribution in [2.45, 2.75) is 52.1 Å². The van der Waals surface area contributed by atoms with E-state index in [1.54, 1.807) is 30.0 Å². The number of thioether (sulfide) groups is 1. The van der Waals surface area contributed by atoms with E-state index < -0.39 is 6.04 Å². The summed E-state index contributed by atoms with van der Waals surface area (Å²) >= 11 is 1.35. The summed E-state index contributed by atoms with van der Waals surface area (Å²) in [5, 5.41) is 2.87. The van der Waals surface area contributed by atoms with Crippen LogP contribution in [0.5, 0.6) is 0 Å². The minimum Gasteiger partial charge on any atom is -0.352 e.